The molecule has 1 heterocycles. The van der Waals surface area contributed by atoms with Gasteiger partial charge in [-0.3, -0.25) is 4.79 Å². The fourth-order valence-electron chi connectivity index (χ4n) is 2.65. The molecule has 122 valence electrons. The summed E-state index contributed by atoms with van der Waals surface area (Å²) in [7, 11) is -1.70. The predicted octanol–water partition coefficient (Wildman–Crippen LogP) is 1.24. The van der Waals surface area contributed by atoms with E-state index in [9.17, 15) is 13.2 Å². The van der Waals surface area contributed by atoms with Crippen molar-refractivity contribution in [1.82, 2.24) is 9.62 Å². The van der Waals surface area contributed by atoms with Gasteiger partial charge in [0.25, 0.3) is 5.91 Å². The van der Waals surface area contributed by atoms with E-state index < -0.39 is 10.0 Å². The third-order valence-corrected chi connectivity index (χ3v) is 4.48. The lowest BCUT2D eigenvalue weighted by atomic mass is 10.0. The molecule has 1 amide bonds. The third-order valence-electron chi connectivity index (χ3n) is 3.79. The Bertz CT molecular complexity index is 630. The third kappa shape index (κ3) is 4.45. The smallest absolute Gasteiger partial charge is 0.254 e. The second kappa shape index (κ2) is 7.11. The highest BCUT2D eigenvalue weighted by Gasteiger charge is 2.28. The minimum atomic E-state index is -3.26. The lowest BCUT2D eigenvalue weighted by Gasteiger charge is -2.35. The summed E-state index contributed by atoms with van der Waals surface area (Å²) in [5.41, 5.74) is 0.561. The predicted molar refractivity (Wildman–Crippen MR) is 84.5 cm³/mol. The number of hydrogen-bond acceptors (Lipinski definition) is 4. The minimum absolute atomic E-state index is 0.0844. The average Bonchev–Trinajstić information content (AvgIpc) is 2.52. The van der Waals surface area contributed by atoms with Gasteiger partial charge in [0.05, 0.1) is 13.4 Å². The van der Waals surface area contributed by atoms with Crippen LogP contribution in [0.4, 0.5) is 0 Å². The number of hydrogen-bond donors (Lipinski definition) is 1. The standard InChI is InChI=1S/C15H22N2O4S/c1-21-14-8-5-6-12(10-14)15(18)17-9-4-3-7-13(17)11-16-22(2,19)20/h5-6,8,10,13,16H,3-4,7,9,11H2,1-2H3. The molecule has 0 spiro atoms. The number of methoxy groups -OCH3 is 1. The molecular weight excluding hydrogens is 304 g/mol. The van der Waals surface area contributed by atoms with Gasteiger partial charge >= 0.3 is 0 Å². The molecule has 1 fully saturated rings. The zero-order chi connectivity index (χ0) is 16.2. The van der Waals surface area contributed by atoms with E-state index in [1.807, 2.05) is 0 Å². The van der Waals surface area contributed by atoms with Crippen LogP contribution in [0.2, 0.25) is 0 Å². The normalized spacial score (nSPS) is 19.0. The Labute approximate surface area is 131 Å². The number of nitrogens with zero attached hydrogens (tertiary/aromatic N) is 1. The van der Waals surface area contributed by atoms with Crippen molar-refractivity contribution in [3.05, 3.63) is 29.8 Å². The molecule has 1 N–H and O–H groups in total. The van der Waals surface area contributed by atoms with E-state index >= 15 is 0 Å². The fraction of sp³-hybridized carbons (Fsp3) is 0.533. The first kappa shape index (κ1) is 16.8. The monoisotopic (exact) mass is 326 g/mol. The Morgan fingerprint density at radius 2 is 2.18 bits per heavy atom. The van der Waals surface area contributed by atoms with Crippen molar-refractivity contribution in [3.8, 4) is 5.75 Å². The van der Waals surface area contributed by atoms with Gasteiger partial charge in [-0.1, -0.05) is 6.07 Å². The van der Waals surface area contributed by atoms with Crippen molar-refractivity contribution in [2.24, 2.45) is 0 Å². The summed E-state index contributed by atoms with van der Waals surface area (Å²) in [5.74, 6) is 0.549. The van der Waals surface area contributed by atoms with Gasteiger partial charge in [0.2, 0.25) is 10.0 Å². The van der Waals surface area contributed by atoms with Gasteiger partial charge in [-0.15, -0.1) is 0 Å². The molecule has 2 rings (SSSR count). The van der Waals surface area contributed by atoms with Crippen molar-refractivity contribution in [2.75, 3.05) is 26.5 Å². The van der Waals surface area contributed by atoms with Crippen LogP contribution in [0.3, 0.4) is 0 Å². The number of carbonyl (C=O) groups is 1. The average molecular weight is 326 g/mol. The highest BCUT2D eigenvalue weighted by molar-refractivity contribution is 7.88. The molecule has 0 aromatic heterocycles. The topological polar surface area (TPSA) is 75.7 Å². The highest BCUT2D eigenvalue weighted by Crippen LogP contribution is 2.21. The molecule has 22 heavy (non-hydrogen) atoms. The summed E-state index contributed by atoms with van der Waals surface area (Å²) in [6.07, 6.45) is 3.87. The van der Waals surface area contributed by atoms with Crippen molar-refractivity contribution in [3.63, 3.8) is 0 Å². The molecule has 1 atom stereocenters. The number of rotatable bonds is 5. The van der Waals surface area contributed by atoms with Crippen molar-refractivity contribution >= 4 is 15.9 Å². The van der Waals surface area contributed by atoms with Crippen LogP contribution < -0.4 is 9.46 Å². The Hall–Kier alpha value is -1.60. The lowest BCUT2D eigenvalue weighted by molar-refractivity contribution is 0.0618. The first-order valence-corrected chi connectivity index (χ1v) is 9.19. The Kier molecular flexibility index (Phi) is 5.42. The van der Waals surface area contributed by atoms with E-state index in [0.29, 0.717) is 17.9 Å². The van der Waals surface area contributed by atoms with Crippen LogP contribution in [0.1, 0.15) is 29.6 Å². The molecule has 0 radical (unpaired) electrons. The summed E-state index contributed by atoms with van der Waals surface area (Å²) < 4.78 is 30.2. The van der Waals surface area contributed by atoms with Crippen LogP contribution in [0, 0.1) is 0 Å². The summed E-state index contributed by atoms with van der Waals surface area (Å²) >= 11 is 0. The number of nitrogens with one attached hydrogen (secondary N) is 1. The zero-order valence-electron chi connectivity index (χ0n) is 12.9. The van der Waals surface area contributed by atoms with E-state index in [-0.39, 0.29) is 18.5 Å². The lowest BCUT2D eigenvalue weighted by Crippen LogP contribution is -2.49. The van der Waals surface area contributed by atoms with Crippen LogP contribution in [-0.4, -0.2) is 51.7 Å². The van der Waals surface area contributed by atoms with Gasteiger partial charge < -0.3 is 9.64 Å². The number of amides is 1. The van der Waals surface area contributed by atoms with Crippen LogP contribution >= 0.6 is 0 Å². The molecule has 0 saturated carbocycles. The number of sulfonamides is 1. The van der Waals surface area contributed by atoms with Crippen LogP contribution in [0.5, 0.6) is 5.75 Å². The first-order valence-electron chi connectivity index (χ1n) is 7.30. The summed E-state index contributed by atoms with van der Waals surface area (Å²) in [5, 5.41) is 0. The maximum Gasteiger partial charge on any atom is 0.254 e. The fourth-order valence-corrected chi connectivity index (χ4v) is 3.14. The van der Waals surface area contributed by atoms with E-state index in [2.05, 4.69) is 4.72 Å². The molecule has 1 aliphatic rings. The molecule has 1 unspecified atom stereocenters. The molecule has 1 saturated heterocycles. The molecule has 0 aliphatic carbocycles. The Morgan fingerprint density at radius 1 is 1.41 bits per heavy atom. The van der Waals surface area contributed by atoms with Gasteiger partial charge in [-0.2, -0.15) is 0 Å². The van der Waals surface area contributed by atoms with Gasteiger partial charge in [0, 0.05) is 24.7 Å². The molecule has 7 heteroatoms. The van der Waals surface area contributed by atoms with Crippen LogP contribution in [-0.2, 0) is 10.0 Å². The first-order chi connectivity index (χ1) is 10.4. The highest BCUT2D eigenvalue weighted by atomic mass is 32.2. The molecule has 1 aromatic carbocycles. The van der Waals surface area contributed by atoms with Gasteiger partial charge in [-0.25, -0.2) is 13.1 Å². The van der Waals surface area contributed by atoms with Gasteiger partial charge in [-0.05, 0) is 37.5 Å². The van der Waals surface area contributed by atoms with Crippen LogP contribution in [0.15, 0.2) is 24.3 Å². The maximum atomic E-state index is 12.7. The second-order valence-electron chi connectivity index (χ2n) is 5.50. The van der Waals surface area contributed by atoms with E-state index in [0.717, 1.165) is 25.5 Å². The molecule has 6 nitrogen and oxygen atoms in total. The van der Waals surface area contributed by atoms with Crippen molar-refractivity contribution in [2.45, 2.75) is 25.3 Å². The minimum Gasteiger partial charge on any atom is -0.497 e. The number of likely N-dealkylation sites (tertiary alicyclic amines) is 1. The largest absolute Gasteiger partial charge is 0.497 e. The number of piperidine rings is 1. The number of carbonyl (C=O) groups excluding carboxylic acids is 1. The summed E-state index contributed by atoms with van der Waals surface area (Å²) in [4.78, 5) is 14.5. The molecule has 0 bridgehead atoms. The molecule has 1 aromatic rings. The number of ether oxygens (including phenoxy) is 1. The SMILES string of the molecule is COc1cccc(C(=O)N2CCCCC2CNS(C)(=O)=O)c1. The van der Waals surface area contributed by atoms with E-state index in [1.54, 1.807) is 36.3 Å². The number of benzene rings is 1. The maximum absolute atomic E-state index is 12.7. The van der Waals surface area contributed by atoms with E-state index in [4.69, 9.17) is 4.74 Å². The Morgan fingerprint density at radius 3 is 2.86 bits per heavy atom. The van der Waals surface area contributed by atoms with E-state index in [1.165, 1.54) is 0 Å². The second-order valence-corrected chi connectivity index (χ2v) is 7.33. The molecule has 1 aliphatic heterocycles. The van der Waals surface area contributed by atoms with Crippen LogP contribution in [0.25, 0.3) is 0 Å². The Balaban J connectivity index is 2.13. The molecular formula is C15H22N2O4S. The van der Waals surface area contributed by atoms with Crippen molar-refractivity contribution in [1.29, 1.82) is 0 Å². The van der Waals surface area contributed by atoms with Gasteiger partial charge in [0.1, 0.15) is 5.75 Å². The quantitative estimate of drug-likeness (QED) is 0.883. The zero-order valence-corrected chi connectivity index (χ0v) is 13.7. The van der Waals surface area contributed by atoms with Crippen molar-refractivity contribution < 1.29 is 17.9 Å². The van der Waals surface area contributed by atoms with Gasteiger partial charge in [0.15, 0.2) is 0 Å². The summed E-state index contributed by atoms with van der Waals surface area (Å²) in [6, 6.07) is 6.91. The summed E-state index contributed by atoms with van der Waals surface area (Å²) in [6.45, 7) is 0.903.